The van der Waals surface area contributed by atoms with Gasteiger partial charge in [-0.1, -0.05) is 39.0 Å². The van der Waals surface area contributed by atoms with Crippen molar-refractivity contribution in [2.24, 2.45) is 0 Å². The number of hydrogen-bond acceptors (Lipinski definition) is 4. The monoisotopic (exact) mass is 352 g/mol. The predicted octanol–water partition coefficient (Wildman–Crippen LogP) is 3.76. The summed E-state index contributed by atoms with van der Waals surface area (Å²) in [4.78, 5) is 30.5. The third-order valence-electron chi connectivity index (χ3n) is 5.52. The lowest BCUT2D eigenvalue weighted by atomic mass is 9.69. The minimum atomic E-state index is -0.718. The number of amides is 1. The van der Waals surface area contributed by atoms with Crippen molar-refractivity contribution < 1.29 is 14.4 Å². The van der Waals surface area contributed by atoms with Crippen LogP contribution in [0.15, 0.2) is 0 Å². The van der Waals surface area contributed by atoms with Crippen molar-refractivity contribution in [1.29, 1.82) is 0 Å². The first-order valence-electron chi connectivity index (χ1n) is 9.91. The quantitative estimate of drug-likeness (QED) is 0.534. The zero-order chi connectivity index (χ0) is 18.7. The minimum Gasteiger partial charge on any atom is -0.343 e. The van der Waals surface area contributed by atoms with Crippen LogP contribution in [-0.4, -0.2) is 40.0 Å². The molecule has 0 bridgehead atoms. The molecular formula is C20H36N2O3. The van der Waals surface area contributed by atoms with Crippen LogP contribution in [-0.2, 0) is 14.4 Å². The summed E-state index contributed by atoms with van der Waals surface area (Å²) in [6, 6.07) is 0. The van der Waals surface area contributed by atoms with Gasteiger partial charge < -0.3 is 5.32 Å². The van der Waals surface area contributed by atoms with E-state index in [0.29, 0.717) is 19.4 Å². The zero-order valence-electron chi connectivity index (χ0n) is 16.7. The fourth-order valence-electron chi connectivity index (χ4n) is 4.87. The van der Waals surface area contributed by atoms with E-state index in [0.717, 1.165) is 6.42 Å². The molecule has 0 unspecified atom stereocenters. The van der Waals surface area contributed by atoms with Crippen molar-refractivity contribution in [3.63, 3.8) is 0 Å². The van der Waals surface area contributed by atoms with E-state index in [1.165, 1.54) is 32.1 Å². The van der Waals surface area contributed by atoms with Crippen molar-refractivity contribution in [2.75, 3.05) is 6.61 Å². The second-order valence-electron chi connectivity index (χ2n) is 9.10. The molecule has 1 N–H and O–H groups in total. The summed E-state index contributed by atoms with van der Waals surface area (Å²) in [5, 5.41) is 5.05. The molecule has 2 rings (SSSR count). The minimum absolute atomic E-state index is 0.0186. The molecule has 1 spiro atoms. The van der Waals surface area contributed by atoms with Crippen LogP contribution in [0.5, 0.6) is 0 Å². The Kier molecular flexibility index (Phi) is 6.31. The van der Waals surface area contributed by atoms with Crippen molar-refractivity contribution in [3.05, 3.63) is 0 Å². The van der Waals surface area contributed by atoms with E-state index in [1.807, 2.05) is 0 Å². The van der Waals surface area contributed by atoms with Gasteiger partial charge in [-0.05, 0) is 47.0 Å². The van der Waals surface area contributed by atoms with Crippen LogP contribution in [0, 0.1) is 0 Å². The number of carbonyl (C=O) groups is 2. The maximum atomic E-state index is 12.5. The fraction of sp³-hybridized carbons (Fsp3) is 0.900. The molecule has 5 heteroatoms. The Morgan fingerprint density at radius 2 is 1.52 bits per heavy atom. The topological polar surface area (TPSA) is 58.6 Å². The maximum Gasteiger partial charge on any atom is 0.228 e. The highest BCUT2D eigenvalue weighted by molar-refractivity contribution is 6.10. The van der Waals surface area contributed by atoms with E-state index < -0.39 is 5.54 Å². The van der Waals surface area contributed by atoms with E-state index in [1.54, 1.807) is 0 Å². The maximum absolute atomic E-state index is 12.5. The molecule has 2 heterocycles. The molecule has 0 atom stereocenters. The first-order valence-corrected chi connectivity index (χ1v) is 9.91. The molecule has 1 amide bonds. The lowest BCUT2D eigenvalue weighted by Crippen LogP contribution is -2.69. The second-order valence-corrected chi connectivity index (χ2v) is 9.10. The Morgan fingerprint density at radius 3 is 2.04 bits per heavy atom. The van der Waals surface area contributed by atoms with Gasteiger partial charge in [-0.3, -0.25) is 14.4 Å². The summed E-state index contributed by atoms with van der Waals surface area (Å²) in [6.45, 7) is 11.4. The van der Waals surface area contributed by atoms with Gasteiger partial charge in [0, 0.05) is 11.1 Å². The van der Waals surface area contributed by atoms with Gasteiger partial charge in [-0.15, -0.1) is 0 Å². The Morgan fingerprint density at radius 1 is 0.960 bits per heavy atom. The number of hydrogen-bond donors (Lipinski definition) is 1. The number of Topliss-reactive ketones (excluding diaryl/α,β-unsaturated/α-hetero) is 1. The van der Waals surface area contributed by atoms with Gasteiger partial charge in [0.1, 0.15) is 5.54 Å². The molecule has 2 aliphatic rings. The average molecular weight is 353 g/mol. The van der Waals surface area contributed by atoms with E-state index in [2.05, 4.69) is 45.0 Å². The highest BCUT2D eigenvalue weighted by Crippen LogP contribution is 2.45. The number of nitrogens with one attached hydrogen (secondary N) is 1. The van der Waals surface area contributed by atoms with E-state index >= 15 is 0 Å². The van der Waals surface area contributed by atoms with Crippen LogP contribution in [0.1, 0.15) is 92.4 Å². The molecule has 0 aromatic carbocycles. The molecule has 0 saturated carbocycles. The lowest BCUT2D eigenvalue weighted by Gasteiger charge is -2.56. The summed E-state index contributed by atoms with van der Waals surface area (Å²) in [5.41, 5.74) is -1.33. The number of nitrogens with zero attached hydrogens (tertiary/aromatic N) is 1. The number of carbonyl (C=O) groups excluding carboxylic acids is 2. The molecule has 0 aromatic heterocycles. The van der Waals surface area contributed by atoms with Crippen LogP contribution in [0.4, 0.5) is 0 Å². The Balaban J connectivity index is 1.94. The van der Waals surface area contributed by atoms with E-state index in [9.17, 15) is 9.59 Å². The van der Waals surface area contributed by atoms with Crippen molar-refractivity contribution in [1.82, 2.24) is 10.4 Å². The molecule has 0 radical (unpaired) electrons. The fourth-order valence-corrected chi connectivity index (χ4v) is 4.87. The van der Waals surface area contributed by atoms with Crippen LogP contribution in [0.25, 0.3) is 0 Å². The Labute approximate surface area is 152 Å². The zero-order valence-corrected chi connectivity index (χ0v) is 16.7. The molecule has 2 aliphatic heterocycles. The Bertz CT molecular complexity index is 481. The summed E-state index contributed by atoms with van der Waals surface area (Å²) < 4.78 is 0. The lowest BCUT2D eigenvalue weighted by molar-refractivity contribution is -0.289. The van der Waals surface area contributed by atoms with Gasteiger partial charge >= 0.3 is 0 Å². The first kappa shape index (κ1) is 20.4. The number of ketones is 1. The van der Waals surface area contributed by atoms with Crippen molar-refractivity contribution >= 4 is 11.7 Å². The predicted molar refractivity (Wildman–Crippen MR) is 99.1 cm³/mol. The standard InChI is InChI=1S/C20H36N2O3/c1-6-7-8-9-10-11-12-25-22-18(2,3)14-20(15-19(22,4)5)16(23)13-17(24)21-20/h6-15H2,1-5H3,(H,21,24). The smallest absolute Gasteiger partial charge is 0.228 e. The van der Waals surface area contributed by atoms with E-state index in [4.69, 9.17) is 4.84 Å². The molecule has 0 aromatic rings. The van der Waals surface area contributed by atoms with Gasteiger partial charge in [0.2, 0.25) is 5.91 Å². The summed E-state index contributed by atoms with van der Waals surface area (Å²) >= 11 is 0. The van der Waals surface area contributed by atoms with Gasteiger partial charge in [-0.2, -0.15) is 5.06 Å². The van der Waals surface area contributed by atoms with Crippen LogP contribution >= 0.6 is 0 Å². The van der Waals surface area contributed by atoms with Gasteiger partial charge in [0.25, 0.3) is 0 Å². The molecule has 144 valence electrons. The molecule has 2 fully saturated rings. The second kappa shape index (κ2) is 7.75. The molecule has 5 nitrogen and oxygen atoms in total. The number of hydroxylamine groups is 2. The van der Waals surface area contributed by atoms with Gasteiger partial charge in [0.15, 0.2) is 5.78 Å². The number of rotatable bonds is 8. The third-order valence-corrected chi connectivity index (χ3v) is 5.52. The first-order chi connectivity index (χ1) is 11.6. The van der Waals surface area contributed by atoms with Crippen molar-refractivity contribution in [3.8, 4) is 0 Å². The molecular weight excluding hydrogens is 316 g/mol. The average Bonchev–Trinajstić information content (AvgIpc) is 2.72. The molecule has 0 aliphatic carbocycles. The van der Waals surface area contributed by atoms with Crippen LogP contribution in [0.2, 0.25) is 0 Å². The molecule has 2 saturated heterocycles. The highest BCUT2D eigenvalue weighted by atomic mass is 16.7. The van der Waals surface area contributed by atoms with Gasteiger partial charge in [0.05, 0.1) is 13.0 Å². The van der Waals surface area contributed by atoms with Gasteiger partial charge in [-0.25, -0.2) is 0 Å². The SMILES string of the molecule is CCCCCCCCON1C(C)(C)CC2(CC1(C)C)NC(=O)CC2=O. The number of piperidine rings is 1. The van der Waals surface area contributed by atoms with E-state index in [-0.39, 0.29) is 29.2 Å². The van der Waals surface area contributed by atoms with Crippen LogP contribution in [0.3, 0.4) is 0 Å². The summed E-state index contributed by atoms with van der Waals surface area (Å²) in [6.07, 6.45) is 8.65. The normalized spacial score (nSPS) is 24.7. The number of unbranched alkanes of at least 4 members (excludes halogenated alkanes) is 5. The Hall–Kier alpha value is -0.940. The highest BCUT2D eigenvalue weighted by Gasteiger charge is 2.59. The molecule has 25 heavy (non-hydrogen) atoms. The largest absolute Gasteiger partial charge is 0.343 e. The summed E-state index contributed by atoms with van der Waals surface area (Å²) in [5.74, 6) is -0.104. The van der Waals surface area contributed by atoms with Crippen molar-refractivity contribution in [2.45, 2.75) is 109 Å². The third kappa shape index (κ3) is 4.62. The summed E-state index contributed by atoms with van der Waals surface area (Å²) in [7, 11) is 0. The van der Waals surface area contributed by atoms with Crippen LogP contribution < -0.4 is 5.32 Å².